The number of thiazole rings is 1. The van der Waals surface area contributed by atoms with Crippen LogP contribution in [0, 0.1) is 0 Å². The van der Waals surface area contributed by atoms with E-state index in [0.717, 1.165) is 30.0 Å². The zero-order chi connectivity index (χ0) is 17.2. The zero-order valence-corrected chi connectivity index (χ0v) is 14.8. The minimum absolute atomic E-state index is 0.0991. The lowest BCUT2D eigenvalue weighted by molar-refractivity contribution is 0.0672. The summed E-state index contributed by atoms with van der Waals surface area (Å²) in [6.45, 7) is 1.23. The fraction of sp³-hybridized carbons (Fsp3) is 0.474. The average molecular weight is 359 g/mol. The van der Waals surface area contributed by atoms with E-state index >= 15 is 0 Å². The van der Waals surface area contributed by atoms with Crippen molar-refractivity contribution in [1.29, 1.82) is 0 Å². The molecule has 1 aliphatic carbocycles. The van der Waals surface area contributed by atoms with Gasteiger partial charge in [0.2, 0.25) is 0 Å². The Balaban J connectivity index is 1.57. The first-order valence-electron chi connectivity index (χ1n) is 8.78. The molecular formula is C19H21NO4S. The molecule has 2 fully saturated rings. The van der Waals surface area contributed by atoms with Crippen LogP contribution in [0.3, 0.4) is 0 Å². The van der Waals surface area contributed by atoms with Crippen molar-refractivity contribution in [3.63, 3.8) is 0 Å². The van der Waals surface area contributed by atoms with E-state index < -0.39 is 5.97 Å². The van der Waals surface area contributed by atoms with Crippen LogP contribution in [0.5, 0.6) is 5.75 Å². The predicted molar refractivity (Wildman–Crippen MR) is 95.6 cm³/mol. The first kappa shape index (κ1) is 16.5. The minimum Gasteiger partial charge on any atom is -0.491 e. The number of carboxylic acids is 1. The van der Waals surface area contributed by atoms with Crippen LogP contribution in [0.2, 0.25) is 0 Å². The largest absolute Gasteiger partial charge is 0.491 e. The number of hydrogen-bond donors (Lipinski definition) is 1. The Morgan fingerprint density at radius 1 is 1.28 bits per heavy atom. The number of rotatable bonds is 6. The highest BCUT2D eigenvalue weighted by Gasteiger charge is 2.22. The topological polar surface area (TPSA) is 68.7 Å². The molecule has 2 aliphatic rings. The standard InChI is InChI=1S/C19H21NO4S/c21-19(22)14-7-13(18-20-10-17(25-18)12-3-1-4-12)8-16(9-14)24-11-15-5-2-6-23-15/h7-10,12,15H,1-6,11H2,(H,21,22). The summed E-state index contributed by atoms with van der Waals surface area (Å²) >= 11 is 1.66. The maximum Gasteiger partial charge on any atom is 0.335 e. The lowest BCUT2D eigenvalue weighted by atomic mass is 9.85. The molecule has 1 N–H and O–H groups in total. The van der Waals surface area contributed by atoms with Crippen molar-refractivity contribution in [2.24, 2.45) is 0 Å². The van der Waals surface area contributed by atoms with Gasteiger partial charge in [-0.1, -0.05) is 6.42 Å². The van der Waals surface area contributed by atoms with Gasteiger partial charge in [0.15, 0.2) is 0 Å². The fourth-order valence-corrected chi connectivity index (χ4v) is 4.27. The fourth-order valence-electron chi connectivity index (χ4n) is 3.20. The van der Waals surface area contributed by atoms with E-state index in [2.05, 4.69) is 4.98 Å². The lowest BCUT2D eigenvalue weighted by Gasteiger charge is -2.23. The molecule has 0 spiro atoms. The van der Waals surface area contributed by atoms with Gasteiger partial charge < -0.3 is 14.6 Å². The third kappa shape index (κ3) is 3.70. The monoisotopic (exact) mass is 359 g/mol. The number of carbonyl (C=O) groups is 1. The summed E-state index contributed by atoms with van der Waals surface area (Å²) in [4.78, 5) is 17.3. The Bertz CT molecular complexity index is 763. The van der Waals surface area contributed by atoms with Crippen LogP contribution < -0.4 is 4.74 Å². The summed E-state index contributed by atoms with van der Waals surface area (Å²) < 4.78 is 11.4. The van der Waals surface area contributed by atoms with Crippen LogP contribution in [-0.4, -0.2) is 35.4 Å². The molecule has 132 valence electrons. The lowest BCUT2D eigenvalue weighted by Crippen LogP contribution is -2.16. The van der Waals surface area contributed by atoms with Gasteiger partial charge >= 0.3 is 5.97 Å². The Hall–Kier alpha value is -1.92. The van der Waals surface area contributed by atoms with Gasteiger partial charge in [-0.15, -0.1) is 11.3 Å². The van der Waals surface area contributed by atoms with Crippen LogP contribution in [0.1, 0.15) is 53.3 Å². The van der Waals surface area contributed by atoms with E-state index in [1.807, 2.05) is 12.3 Å². The van der Waals surface area contributed by atoms with Gasteiger partial charge in [-0.2, -0.15) is 0 Å². The molecule has 1 atom stereocenters. The van der Waals surface area contributed by atoms with E-state index in [1.54, 1.807) is 23.5 Å². The summed E-state index contributed by atoms with van der Waals surface area (Å²) in [5.41, 5.74) is 1.03. The van der Waals surface area contributed by atoms with Crippen LogP contribution >= 0.6 is 11.3 Å². The van der Waals surface area contributed by atoms with Crippen molar-refractivity contribution in [1.82, 2.24) is 4.98 Å². The first-order valence-corrected chi connectivity index (χ1v) is 9.59. The smallest absolute Gasteiger partial charge is 0.335 e. The maximum absolute atomic E-state index is 11.5. The molecule has 1 aliphatic heterocycles. The molecule has 2 heterocycles. The van der Waals surface area contributed by atoms with Gasteiger partial charge in [0.05, 0.1) is 11.7 Å². The maximum atomic E-state index is 11.5. The Morgan fingerprint density at radius 3 is 2.84 bits per heavy atom. The zero-order valence-electron chi connectivity index (χ0n) is 13.9. The second-order valence-electron chi connectivity index (χ2n) is 6.69. The number of aromatic carboxylic acids is 1. The molecule has 0 bridgehead atoms. The molecule has 1 aromatic carbocycles. The minimum atomic E-state index is -0.959. The quantitative estimate of drug-likeness (QED) is 0.831. The Morgan fingerprint density at radius 2 is 2.16 bits per heavy atom. The number of ether oxygens (including phenoxy) is 2. The van der Waals surface area contributed by atoms with Crippen LogP contribution in [-0.2, 0) is 4.74 Å². The second-order valence-corrected chi connectivity index (χ2v) is 7.76. The molecule has 1 saturated carbocycles. The molecular weight excluding hydrogens is 338 g/mol. The van der Waals surface area contributed by atoms with Crippen molar-refractivity contribution in [2.45, 2.75) is 44.1 Å². The summed E-state index contributed by atoms with van der Waals surface area (Å²) in [6.07, 6.45) is 7.82. The third-order valence-corrected chi connectivity index (χ3v) is 6.10. The van der Waals surface area contributed by atoms with Crippen LogP contribution in [0.4, 0.5) is 0 Å². The van der Waals surface area contributed by atoms with Gasteiger partial charge in [0.25, 0.3) is 0 Å². The van der Waals surface area contributed by atoms with Crippen molar-refractivity contribution in [3.05, 3.63) is 34.8 Å². The highest BCUT2D eigenvalue weighted by atomic mass is 32.1. The van der Waals surface area contributed by atoms with E-state index in [4.69, 9.17) is 9.47 Å². The van der Waals surface area contributed by atoms with Crippen molar-refractivity contribution in [2.75, 3.05) is 13.2 Å². The van der Waals surface area contributed by atoms with Crippen molar-refractivity contribution >= 4 is 17.3 Å². The molecule has 5 nitrogen and oxygen atoms in total. The van der Waals surface area contributed by atoms with E-state index in [-0.39, 0.29) is 11.7 Å². The van der Waals surface area contributed by atoms with E-state index in [1.165, 1.54) is 24.1 Å². The van der Waals surface area contributed by atoms with Crippen molar-refractivity contribution in [3.8, 4) is 16.3 Å². The molecule has 1 saturated heterocycles. The van der Waals surface area contributed by atoms with Gasteiger partial charge in [-0.25, -0.2) is 9.78 Å². The third-order valence-electron chi connectivity index (χ3n) is 4.89. The molecule has 2 aromatic rings. The van der Waals surface area contributed by atoms with Gasteiger partial charge in [0.1, 0.15) is 17.4 Å². The Kier molecular flexibility index (Phi) is 4.72. The van der Waals surface area contributed by atoms with Gasteiger partial charge in [-0.05, 0) is 49.8 Å². The number of hydrogen-bond acceptors (Lipinski definition) is 5. The molecule has 1 unspecified atom stereocenters. The summed E-state index contributed by atoms with van der Waals surface area (Å²) in [7, 11) is 0. The van der Waals surface area contributed by atoms with Crippen LogP contribution in [0.15, 0.2) is 24.4 Å². The SMILES string of the molecule is O=C(O)c1cc(OCC2CCCO2)cc(-c2ncc(C3CCC3)s2)c1. The molecule has 4 rings (SSSR count). The molecule has 1 aromatic heterocycles. The number of benzene rings is 1. The summed E-state index contributed by atoms with van der Waals surface area (Å²) in [5, 5.41) is 10.3. The molecule has 6 heteroatoms. The van der Waals surface area contributed by atoms with Gasteiger partial charge in [-0.3, -0.25) is 0 Å². The number of aromatic nitrogens is 1. The van der Waals surface area contributed by atoms with E-state index in [0.29, 0.717) is 18.3 Å². The first-order chi connectivity index (χ1) is 12.2. The molecule has 0 radical (unpaired) electrons. The second kappa shape index (κ2) is 7.14. The molecule has 25 heavy (non-hydrogen) atoms. The number of carboxylic acid groups (broad SMARTS) is 1. The van der Waals surface area contributed by atoms with Crippen LogP contribution in [0.25, 0.3) is 10.6 Å². The summed E-state index contributed by atoms with van der Waals surface area (Å²) in [6, 6.07) is 5.12. The summed E-state index contributed by atoms with van der Waals surface area (Å²) in [5.74, 6) is 0.231. The van der Waals surface area contributed by atoms with Crippen molar-refractivity contribution < 1.29 is 19.4 Å². The normalized spacial score (nSPS) is 20.4. The van der Waals surface area contributed by atoms with E-state index in [9.17, 15) is 9.90 Å². The van der Waals surface area contributed by atoms with Gasteiger partial charge in [0, 0.05) is 23.2 Å². The molecule has 0 amide bonds. The average Bonchev–Trinajstić information content (AvgIpc) is 3.23. The Labute approximate surface area is 150 Å². The highest BCUT2D eigenvalue weighted by molar-refractivity contribution is 7.15. The highest BCUT2D eigenvalue weighted by Crippen LogP contribution is 2.41. The predicted octanol–water partition coefficient (Wildman–Crippen LogP) is 4.33. The number of nitrogens with zero attached hydrogens (tertiary/aromatic N) is 1.